The molecular formula is C17H15N3O4. The Morgan fingerprint density at radius 3 is 2.92 bits per heavy atom. The second-order valence-electron chi connectivity index (χ2n) is 5.71. The van der Waals surface area contributed by atoms with E-state index in [2.05, 4.69) is 5.10 Å². The zero-order valence-electron chi connectivity index (χ0n) is 12.8. The first-order chi connectivity index (χ1) is 11.7. The van der Waals surface area contributed by atoms with Crippen molar-refractivity contribution in [2.45, 2.75) is 19.7 Å². The van der Waals surface area contributed by atoms with Gasteiger partial charge in [0.25, 0.3) is 5.91 Å². The summed E-state index contributed by atoms with van der Waals surface area (Å²) in [5.41, 5.74) is 1.60. The van der Waals surface area contributed by atoms with Crippen LogP contribution >= 0.6 is 0 Å². The molecule has 0 fully saturated rings. The van der Waals surface area contributed by atoms with Crippen LogP contribution in [0.3, 0.4) is 0 Å². The Bertz CT molecular complexity index is 989. The van der Waals surface area contributed by atoms with E-state index in [0.29, 0.717) is 36.3 Å². The molecule has 0 atom stereocenters. The molecule has 0 saturated heterocycles. The Kier molecular flexibility index (Phi) is 3.42. The lowest BCUT2D eigenvalue weighted by atomic mass is 10.2. The van der Waals surface area contributed by atoms with Gasteiger partial charge in [0.15, 0.2) is 11.2 Å². The van der Waals surface area contributed by atoms with E-state index in [1.165, 1.54) is 6.07 Å². The molecule has 3 heterocycles. The summed E-state index contributed by atoms with van der Waals surface area (Å²) in [6.07, 6.45) is 0. The second kappa shape index (κ2) is 5.61. The standard InChI is InChI=1S/C17H15N3O4/c21-10-11-7-12-9-19(5-6-20(12)18-11)17(23)16-8-14(22)13-3-1-2-4-15(13)24-16/h1-4,7-8,21H,5-6,9-10H2. The first-order valence-electron chi connectivity index (χ1n) is 7.64. The Morgan fingerprint density at radius 1 is 1.25 bits per heavy atom. The molecule has 0 bridgehead atoms. The van der Waals surface area contributed by atoms with Crippen molar-refractivity contribution in [3.05, 3.63) is 63.8 Å². The molecule has 0 saturated carbocycles. The van der Waals surface area contributed by atoms with Gasteiger partial charge in [0, 0.05) is 12.6 Å². The van der Waals surface area contributed by atoms with Crippen molar-refractivity contribution in [1.82, 2.24) is 14.7 Å². The van der Waals surface area contributed by atoms with Crippen LogP contribution in [0.5, 0.6) is 0 Å². The zero-order chi connectivity index (χ0) is 16.7. The summed E-state index contributed by atoms with van der Waals surface area (Å²) in [6.45, 7) is 1.24. The lowest BCUT2D eigenvalue weighted by Gasteiger charge is -2.27. The molecule has 2 aromatic heterocycles. The van der Waals surface area contributed by atoms with Gasteiger partial charge >= 0.3 is 0 Å². The normalized spacial score (nSPS) is 14.0. The van der Waals surface area contributed by atoms with E-state index in [1.54, 1.807) is 39.9 Å². The van der Waals surface area contributed by atoms with Gasteiger partial charge in [0.1, 0.15) is 5.58 Å². The summed E-state index contributed by atoms with van der Waals surface area (Å²) in [6, 6.07) is 9.88. The second-order valence-corrected chi connectivity index (χ2v) is 5.71. The highest BCUT2D eigenvalue weighted by atomic mass is 16.3. The van der Waals surface area contributed by atoms with Gasteiger partial charge in [0.2, 0.25) is 0 Å². The van der Waals surface area contributed by atoms with E-state index in [1.807, 2.05) is 0 Å². The minimum absolute atomic E-state index is 0.0362. The Labute approximate surface area is 136 Å². The molecule has 1 aromatic carbocycles. The van der Waals surface area contributed by atoms with E-state index in [0.717, 1.165) is 5.69 Å². The van der Waals surface area contributed by atoms with Crippen molar-refractivity contribution in [2.75, 3.05) is 6.54 Å². The Hall–Kier alpha value is -2.93. The monoisotopic (exact) mass is 325 g/mol. The summed E-state index contributed by atoms with van der Waals surface area (Å²) < 4.78 is 7.40. The maximum absolute atomic E-state index is 12.7. The lowest BCUT2D eigenvalue weighted by molar-refractivity contribution is 0.0674. The van der Waals surface area contributed by atoms with Crippen molar-refractivity contribution in [3.63, 3.8) is 0 Å². The average Bonchev–Trinajstić information content (AvgIpc) is 3.03. The average molecular weight is 325 g/mol. The number of para-hydroxylation sites is 1. The molecule has 0 unspecified atom stereocenters. The van der Waals surface area contributed by atoms with Gasteiger partial charge in [-0.15, -0.1) is 0 Å². The fourth-order valence-electron chi connectivity index (χ4n) is 2.94. The molecule has 3 aromatic rings. The number of rotatable bonds is 2. The van der Waals surface area contributed by atoms with Crippen LogP contribution in [0.2, 0.25) is 0 Å². The van der Waals surface area contributed by atoms with Gasteiger partial charge < -0.3 is 14.4 Å². The number of aliphatic hydroxyl groups is 1. The molecule has 1 N–H and O–H groups in total. The summed E-state index contributed by atoms with van der Waals surface area (Å²) in [4.78, 5) is 26.5. The van der Waals surface area contributed by atoms with Gasteiger partial charge in [-0.25, -0.2) is 0 Å². The maximum atomic E-state index is 12.7. The largest absolute Gasteiger partial charge is 0.451 e. The predicted octanol–water partition coefficient (Wildman–Crippen LogP) is 1.14. The van der Waals surface area contributed by atoms with Crippen molar-refractivity contribution in [1.29, 1.82) is 0 Å². The smallest absolute Gasteiger partial charge is 0.290 e. The minimum atomic E-state index is -0.323. The van der Waals surface area contributed by atoms with E-state index in [4.69, 9.17) is 9.52 Å². The van der Waals surface area contributed by atoms with E-state index >= 15 is 0 Å². The molecule has 1 aliphatic rings. The van der Waals surface area contributed by atoms with Crippen LogP contribution in [-0.4, -0.2) is 32.2 Å². The topological polar surface area (TPSA) is 88.6 Å². The van der Waals surface area contributed by atoms with Gasteiger partial charge in [-0.2, -0.15) is 5.10 Å². The van der Waals surface area contributed by atoms with Crippen LogP contribution in [-0.2, 0) is 19.7 Å². The minimum Gasteiger partial charge on any atom is -0.451 e. The molecule has 0 spiro atoms. The highest BCUT2D eigenvalue weighted by molar-refractivity contribution is 5.93. The number of benzene rings is 1. The molecule has 7 heteroatoms. The highest BCUT2D eigenvalue weighted by Crippen LogP contribution is 2.18. The number of nitrogens with zero attached hydrogens (tertiary/aromatic N) is 3. The number of fused-ring (bicyclic) bond motifs is 2. The summed E-state index contributed by atoms with van der Waals surface area (Å²) in [5, 5.41) is 13.9. The number of carbonyl (C=O) groups excluding carboxylic acids is 1. The van der Waals surface area contributed by atoms with E-state index in [-0.39, 0.29) is 23.7 Å². The van der Waals surface area contributed by atoms with Gasteiger partial charge in [-0.1, -0.05) is 12.1 Å². The Balaban J connectivity index is 1.66. The first kappa shape index (κ1) is 14.6. The van der Waals surface area contributed by atoms with E-state index in [9.17, 15) is 9.59 Å². The molecule has 7 nitrogen and oxygen atoms in total. The van der Waals surface area contributed by atoms with Crippen LogP contribution in [0.4, 0.5) is 0 Å². The number of hydrogen-bond acceptors (Lipinski definition) is 5. The molecule has 1 aliphatic heterocycles. The van der Waals surface area contributed by atoms with Gasteiger partial charge in [-0.05, 0) is 18.2 Å². The molecule has 0 radical (unpaired) electrons. The fourth-order valence-corrected chi connectivity index (χ4v) is 2.94. The first-order valence-corrected chi connectivity index (χ1v) is 7.64. The van der Waals surface area contributed by atoms with Gasteiger partial charge in [-0.3, -0.25) is 14.3 Å². The third-order valence-corrected chi connectivity index (χ3v) is 4.14. The van der Waals surface area contributed by atoms with Crippen LogP contribution in [0.15, 0.2) is 45.6 Å². The number of carbonyl (C=O) groups is 1. The lowest BCUT2D eigenvalue weighted by Crippen LogP contribution is -2.38. The highest BCUT2D eigenvalue weighted by Gasteiger charge is 2.25. The Morgan fingerprint density at radius 2 is 2.08 bits per heavy atom. The van der Waals surface area contributed by atoms with Crippen LogP contribution < -0.4 is 5.43 Å². The van der Waals surface area contributed by atoms with E-state index < -0.39 is 0 Å². The van der Waals surface area contributed by atoms with Crippen molar-refractivity contribution in [3.8, 4) is 0 Å². The molecule has 1 amide bonds. The molecule has 24 heavy (non-hydrogen) atoms. The maximum Gasteiger partial charge on any atom is 0.290 e. The summed E-state index contributed by atoms with van der Waals surface area (Å²) >= 11 is 0. The number of hydrogen-bond donors (Lipinski definition) is 1. The zero-order valence-corrected chi connectivity index (χ0v) is 12.8. The quantitative estimate of drug-likeness (QED) is 0.763. The third kappa shape index (κ3) is 2.39. The van der Waals surface area contributed by atoms with Crippen LogP contribution in [0.25, 0.3) is 11.0 Å². The fraction of sp³-hybridized carbons (Fsp3) is 0.235. The van der Waals surface area contributed by atoms with Crippen molar-refractivity contribution >= 4 is 16.9 Å². The molecule has 4 rings (SSSR count). The number of aromatic nitrogens is 2. The van der Waals surface area contributed by atoms with Crippen molar-refractivity contribution < 1.29 is 14.3 Å². The van der Waals surface area contributed by atoms with Crippen LogP contribution in [0, 0.1) is 0 Å². The molecule has 0 aliphatic carbocycles. The molecular weight excluding hydrogens is 310 g/mol. The molecule has 122 valence electrons. The summed E-state index contributed by atoms with van der Waals surface area (Å²) in [7, 11) is 0. The summed E-state index contributed by atoms with van der Waals surface area (Å²) in [5.74, 6) is -0.287. The third-order valence-electron chi connectivity index (χ3n) is 4.14. The number of aliphatic hydroxyl groups excluding tert-OH is 1. The van der Waals surface area contributed by atoms with Crippen LogP contribution in [0.1, 0.15) is 21.9 Å². The predicted molar refractivity (Wildman–Crippen MR) is 85.4 cm³/mol. The number of amides is 1. The van der Waals surface area contributed by atoms with Crippen molar-refractivity contribution in [2.24, 2.45) is 0 Å². The van der Waals surface area contributed by atoms with Gasteiger partial charge in [0.05, 0.1) is 36.5 Å². The SMILES string of the molecule is O=C(c1cc(=O)c2ccccc2o1)N1CCn2nc(CO)cc2C1.